The van der Waals surface area contributed by atoms with Gasteiger partial charge < -0.3 is 15.1 Å². The molecule has 2 aliphatic rings. The van der Waals surface area contributed by atoms with Crippen molar-refractivity contribution in [2.24, 2.45) is 5.92 Å². The van der Waals surface area contributed by atoms with Crippen LogP contribution in [0.2, 0.25) is 0 Å². The lowest BCUT2D eigenvalue weighted by Gasteiger charge is -2.46. The third kappa shape index (κ3) is 3.32. The molecule has 0 radical (unpaired) electrons. The lowest BCUT2D eigenvalue weighted by molar-refractivity contribution is -0.153. The number of fused-ring (bicyclic) bond motifs is 1. The highest BCUT2D eigenvalue weighted by Crippen LogP contribution is 2.22. The second-order valence-electron chi connectivity index (χ2n) is 7.22. The molecule has 3 atom stereocenters. The Morgan fingerprint density at radius 1 is 1.19 bits per heavy atom. The Hall–Kier alpha value is -2.37. The maximum atomic E-state index is 12.8. The largest absolute Gasteiger partial charge is 0.342 e. The van der Waals surface area contributed by atoms with E-state index in [1.54, 1.807) is 9.80 Å². The number of amides is 3. The van der Waals surface area contributed by atoms with Gasteiger partial charge in [0.15, 0.2) is 0 Å². The Bertz CT molecular complexity index is 701. The molecule has 0 saturated carbocycles. The number of hydrogen-bond acceptors (Lipinski definition) is 3. The molecule has 2 heterocycles. The summed E-state index contributed by atoms with van der Waals surface area (Å²) >= 11 is 0. The number of rotatable bonds is 4. The second-order valence-corrected chi connectivity index (χ2v) is 7.22. The number of piperazine rings is 2. The van der Waals surface area contributed by atoms with Gasteiger partial charge in [0.25, 0.3) is 5.91 Å². The number of nitrogens with zero attached hydrogens (tertiary/aromatic N) is 2. The molecule has 0 spiro atoms. The molecule has 6 nitrogen and oxygen atoms in total. The van der Waals surface area contributed by atoms with Crippen LogP contribution in [-0.4, -0.2) is 59.2 Å². The molecule has 1 N–H and O–H groups in total. The fourth-order valence-electron chi connectivity index (χ4n) is 3.63. The standard InChI is InChI=1S/C20H27N3O3/c1-4-13(3)17-20(26)23-11-10-22(12-16(23)18(24)21-17)19(25)15-8-6-14(5-2)7-9-15/h6-9,13,16-17H,4-5,10-12H2,1-3H3,(H,21,24)/t13-,16+,17-/m0/s1. The average Bonchev–Trinajstić information content (AvgIpc) is 2.69. The van der Waals surface area contributed by atoms with Crippen molar-refractivity contribution in [2.45, 2.75) is 45.7 Å². The number of nitrogens with one attached hydrogen (secondary N) is 1. The summed E-state index contributed by atoms with van der Waals surface area (Å²) in [5.74, 6) is -0.169. The molecule has 3 rings (SSSR count). The van der Waals surface area contributed by atoms with E-state index in [0.717, 1.165) is 12.8 Å². The monoisotopic (exact) mass is 357 g/mol. The predicted octanol–water partition coefficient (Wildman–Crippen LogP) is 1.45. The lowest BCUT2D eigenvalue weighted by atomic mass is 9.93. The van der Waals surface area contributed by atoms with E-state index >= 15 is 0 Å². The highest BCUT2D eigenvalue weighted by atomic mass is 16.2. The van der Waals surface area contributed by atoms with Crippen LogP contribution in [0.3, 0.4) is 0 Å². The summed E-state index contributed by atoms with van der Waals surface area (Å²) in [5.41, 5.74) is 1.80. The normalized spacial score (nSPS) is 24.1. The summed E-state index contributed by atoms with van der Waals surface area (Å²) < 4.78 is 0. The van der Waals surface area contributed by atoms with Gasteiger partial charge in [0.2, 0.25) is 11.8 Å². The van der Waals surface area contributed by atoms with Crippen LogP contribution in [0.4, 0.5) is 0 Å². The van der Waals surface area contributed by atoms with Crippen LogP contribution in [-0.2, 0) is 16.0 Å². The van der Waals surface area contributed by atoms with Crippen molar-refractivity contribution in [2.75, 3.05) is 19.6 Å². The highest BCUT2D eigenvalue weighted by molar-refractivity contribution is 5.99. The number of carbonyl (C=O) groups is 3. The van der Waals surface area contributed by atoms with Gasteiger partial charge in [0.1, 0.15) is 12.1 Å². The van der Waals surface area contributed by atoms with Gasteiger partial charge in [-0.25, -0.2) is 0 Å². The van der Waals surface area contributed by atoms with Gasteiger partial charge >= 0.3 is 0 Å². The molecule has 140 valence electrons. The number of aryl methyl sites for hydroxylation is 1. The smallest absolute Gasteiger partial charge is 0.253 e. The van der Waals surface area contributed by atoms with Crippen LogP contribution < -0.4 is 5.32 Å². The van der Waals surface area contributed by atoms with Crippen molar-refractivity contribution < 1.29 is 14.4 Å². The van der Waals surface area contributed by atoms with Gasteiger partial charge in [-0.1, -0.05) is 39.3 Å². The van der Waals surface area contributed by atoms with E-state index in [-0.39, 0.29) is 30.2 Å². The molecule has 0 aromatic heterocycles. The summed E-state index contributed by atoms with van der Waals surface area (Å²) in [4.78, 5) is 41.4. The Balaban J connectivity index is 1.72. The molecular formula is C20H27N3O3. The minimum atomic E-state index is -0.588. The van der Waals surface area contributed by atoms with Crippen molar-refractivity contribution in [1.82, 2.24) is 15.1 Å². The van der Waals surface area contributed by atoms with Gasteiger partial charge in [-0.3, -0.25) is 14.4 Å². The van der Waals surface area contributed by atoms with Crippen LogP contribution >= 0.6 is 0 Å². The first kappa shape index (κ1) is 18.4. The van der Waals surface area contributed by atoms with Crippen molar-refractivity contribution >= 4 is 17.7 Å². The lowest BCUT2D eigenvalue weighted by Crippen LogP contribution is -2.70. The topological polar surface area (TPSA) is 69.7 Å². The van der Waals surface area contributed by atoms with Gasteiger partial charge in [0.05, 0.1) is 6.54 Å². The summed E-state index contributed by atoms with van der Waals surface area (Å²) in [5, 5.41) is 2.86. The van der Waals surface area contributed by atoms with Gasteiger partial charge in [-0.15, -0.1) is 0 Å². The maximum absolute atomic E-state index is 12.8. The molecular weight excluding hydrogens is 330 g/mol. The molecule has 6 heteroatoms. The minimum absolute atomic E-state index is 0.0247. The zero-order valence-electron chi connectivity index (χ0n) is 15.7. The SMILES string of the molecule is CCc1ccc(C(=O)N2CCN3C(=O)[C@H]([C@@H](C)CC)NC(=O)[C@H]3C2)cc1. The molecule has 2 saturated heterocycles. The molecule has 26 heavy (non-hydrogen) atoms. The van der Waals surface area contributed by atoms with Gasteiger partial charge in [-0.2, -0.15) is 0 Å². The summed E-state index contributed by atoms with van der Waals surface area (Å²) in [6.45, 7) is 7.17. The van der Waals surface area contributed by atoms with Gasteiger partial charge in [-0.05, 0) is 30.0 Å². The number of hydrogen-bond donors (Lipinski definition) is 1. The molecule has 2 aliphatic heterocycles. The summed E-state index contributed by atoms with van der Waals surface area (Å²) in [6.07, 6.45) is 1.75. The van der Waals surface area contributed by atoms with Gasteiger partial charge in [0, 0.05) is 18.7 Å². The Morgan fingerprint density at radius 2 is 1.88 bits per heavy atom. The van der Waals surface area contributed by atoms with E-state index < -0.39 is 12.1 Å². The van der Waals surface area contributed by atoms with Crippen molar-refractivity contribution in [3.8, 4) is 0 Å². The Morgan fingerprint density at radius 3 is 2.50 bits per heavy atom. The third-order valence-corrected chi connectivity index (χ3v) is 5.64. The quantitative estimate of drug-likeness (QED) is 0.887. The van der Waals surface area contributed by atoms with Crippen LogP contribution in [0.5, 0.6) is 0 Å². The van der Waals surface area contributed by atoms with E-state index in [0.29, 0.717) is 18.7 Å². The first-order chi connectivity index (χ1) is 12.5. The molecule has 2 fully saturated rings. The van der Waals surface area contributed by atoms with E-state index in [1.807, 2.05) is 38.1 Å². The average molecular weight is 357 g/mol. The summed E-state index contributed by atoms with van der Waals surface area (Å²) in [7, 11) is 0. The van der Waals surface area contributed by atoms with Crippen LogP contribution in [0.25, 0.3) is 0 Å². The van der Waals surface area contributed by atoms with E-state index in [4.69, 9.17) is 0 Å². The predicted molar refractivity (Wildman–Crippen MR) is 98.6 cm³/mol. The van der Waals surface area contributed by atoms with Crippen LogP contribution in [0, 0.1) is 5.92 Å². The van der Waals surface area contributed by atoms with E-state index in [1.165, 1.54) is 5.56 Å². The molecule has 0 aliphatic carbocycles. The zero-order valence-corrected chi connectivity index (χ0v) is 15.7. The number of benzene rings is 1. The van der Waals surface area contributed by atoms with Crippen LogP contribution in [0.1, 0.15) is 43.1 Å². The number of carbonyl (C=O) groups excluding carboxylic acids is 3. The Kier molecular flexibility index (Phi) is 5.30. The fraction of sp³-hybridized carbons (Fsp3) is 0.550. The highest BCUT2D eigenvalue weighted by Gasteiger charge is 2.45. The van der Waals surface area contributed by atoms with E-state index in [9.17, 15) is 14.4 Å². The molecule has 1 aromatic carbocycles. The van der Waals surface area contributed by atoms with Crippen molar-refractivity contribution in [1.29, 1.82) is 0 Å². The fourth-order valence-corrected chi connectivity index (χ4v) is 3.63. The van der Waals surface area contributed by atoms with Crippen LogP contribution in [0.15, 0.2) is 24.3 Å². The minimum Gasteiger partial charge on any atom is -0.342 e. The molecule has 1 aromatic rings. The first-order valence-corrected chi connectivity index (χ1v) is 9.45. The second kappa shape index (κ2) is 7.48. The molecule has 0 bridgehead atoms. The Labute approximate surface area is 154 Å². The molecule has 3 amide bonds. The molecule has 0 unspecified atom stereocenters. The first-order valence-electron chi connectivity index (χ1n) is 9.45. The summed E-state index contributed by atoms with van der Waals surface area (Å²) in [6, 6.07) is 6.54. The van der Waals surface area contributed by atoms with E-state index in [2.05, 4.69) is 12.2 Å². The maximum Gasteiger partial charge on any atom is 0.253 e. The van der Waals surface area contributed by atoms with Crippen molar-refractivity contribution in [3.05, 3.63) is 35.4 Å². The zero-order chi connectivity index (χ0) is 18.8. The third-order valence-electron chi connectivity index (χ3n) is 5.64. The van der Waals surface area contributed by atoms with Crippen molar-refractivity contribution in [3.63, 3.8) is 0 Å².